The van der Waals surface area contributed by atoms with Gasteiger partial charge < -0.3 is 5.32 Å². The average molecular weight is 233 g/mol. The molecule has 0 bridgehead atoms. The van der Waals surface area contributed by atoms with Gasteiger partial charge in [0.25, 0.3) is 0 Å². The lowest BCUT2D eigenvalue weighted by molar-refractivity contribution is 0.532. The molecule has 0 aromatic heterocycles. The van der Waals surface area contributed by atoms with Gasteiger partial charge in [-0.2, -0.15) is 0 Å². The third kappa shape index (κ3) is 6.15. The molecule has 90 valence electrons. The average Bonchev–Trinajstić information content (AvgIpc) is 2.95. The van der Waals surface area contributed by atoms with Crippen molar-refractivity contribution in [3.63, 3.8) is 0 Å². The molecule has 0 saturated heterocycles. The van der Waals surface area contributed by atoms with Crippen LogP contribution in [0.2, 0.25) is 0 Å². The SMILES string of the molecule is CCS(=O)(=O)CC(C)NCCCC1CC1. The van der Waals surface area contributed by atoms with Crippen LogP contribution < -0.4 is 5.32 Å². The predicted octanol–water partition coefficient (Wildman–Crippen LogP) is 1.59. The van der Waals surface area contributed by atoms with Crippen molar-refractivity contribution in [2.24, 2.45) is 5.92 Å². The highest BCUT2D eigenvalue weighted by Gasteiger charge is 2.20. The first kappa shape index (κ1) is 13.0. The third-order valence-electron chi connectivity index (χ3n) is 2.92. The zero-order valence-electron chi connectivity index (χ0n) is 9.83. The standard InChI is InChI=1S/C11H23NO2S/c1-3-15(13,14)9-10(2)12-8-4-5-11-6-7-11/h10-12H,3-9H2,1-2H3. The van der Waals surface area contributed by atoms with E-state index in [2.05, 4.69) is 5.32 Å². The van der Waals surface area contributed by atoms with Crippen LogP contribution in [0.4, 0.5) is 0 Å². The molecule has 3 nitrogen and oxygen atoms in total. The summed E-state index contributed by atoms with van der Waals surface area (Å²) in [7, 11) is -2.82. The van der Waals surface area contributed by atoms with Gasteiger partial charge in [0.2, 0.25) is 0 Å². The Kier molecular flexibility index (Phi) is 5.06. The lowest BCUT2D eigenvalue weighted by atomic mass is 10.2. The molecule has 1 atom stereocenters. The van der Waals surface area contributed by atoms with Crippen molar-refractivity contribution < 1.29 is 8.42 Å². The van der Waals surface area contributed by atoms with Crippen LogP contribution in [-0.2, 0) is 9.84 Å². The van der Waals surface area contributed by atoms with Crippen molar-refractivity contribution in [3.05, 3.63) is 0 Å². The topological polar surface area (TPSA) is 46.2 Å². The highest BCUT2D eigenvalue weighted by Crippen LogP contribution is 2.33. The molecule has 0 aromatic carbocycles. The first-order valence-electron chi connectivity index (χ1n) is 5.97. The van der Waals surface area contributed by atoms with Crippen molar-refractivity contribution in [3.8, 4) is 0 Å². The molecule has 1 fully saturated rings. The minimum Gasteiger partial charge on any atom is -0.313 e. The zero-order chi connectivity index (χ0) is 11.3. The first-order valence-corrected chi connectivity index (χ1v) is 7.79. The van der Waals surface area contributed by atoms with Gasteiger partial charge in [0.05, 0.1) is 5.75 Å². The molecule has 0 radical (unpaired) electrons. The molecule has 0 amide bonds. The van der Waals surface area contributed by atoms with Gasteiger partial charge in [0.15, 0.2) is 9.84 Å². The van der Waals surface area contributed by atoms with Crippen LogP contribution in [0.15, 0.2) is 0 Å². The summed E-state index contributed by atoms with van der Waals surface area (Å²) >= 11 is 0. The third-order valence-corrected chi connectivity index (χ3v) is 4.81. The number of rotatable bonds is 8. The highest BCUT2D eigenvalue weighted by atomic mass is 32.2. The molecule has 1 rings (SSSR count). The lowest BCUT2D eigenvalue weighted by Gasteiger charge is -2.13. The minimum absolute atomic E-state index is 0.0918. The number of sulfone groups is 1. The second-order valence-electron chi connectivity index (χ2n) is 4.64. The molecule has 1 N–H and O–H groups in total. The molecule has 0 heterocycles. The largest absolute Gasteiger partial charge is 0.313 e. The molecule has 1 aliphatic rings. The molecule has 15 heavy (non-hydrogen) atoms. The van der Waals surface area contributed by atoms with Gasteiger partial charge in [-0.15, -0.1) is 0 Å². The fraction of sp³-hybridized carbons (Fsp3) is 1.00. The second-order valence-corrected chi connectivity index (χ2v) is 7.04. The van der Waals surface area contributed by atoms with Crippen LogP contribution >= 0.6 is 0 Å². The zero-order valence-corrected chi connectivity index (χ0v) is 10.6. The Morgan fingerprint density at radius 1 is 1.40 bits per heavy atom. The van der Waals surface area contributed by atoms with Gasteiger partial charge in [-0.25, -0.2) is 8.42 Å². The molecular weight excluding hydrogens is 210 g/mol. The van der Waals surface area contributed by atoms with Crippen LogP contribution in [0.3, 0.4) is 0 Å². The monoisotopic (exact) mass is 233 g/mol. The van der Waals surface area contributed by atoms with E-state index < -0.39 is 9.84 Å². The maximum Gasteiger partial charge on any atom is 0.151 e. The molecule has 0 spiro atoms. The summed E-state index contributed by atoms with van der Waals surface area (Å²) in [5.74, 6) is 1.50. The molecule has 1 saturated carbocycles. The second kappa shape index (κ2) is 5.85. The Balaban J connectivity index is 2.04. The molecule has 1 unspecified atom stereocenters. The first-order chi connectivity index (χ1) is 7.03. The van der Waals surface area contributed by atoms with E-state index in [1.807, 2.05) is 6.92 Å². The van der Waals surface area contributed by atoms with E-state index in [4.69, 9.17) is 0 Å². The Labute approximate surface area is 93.6 Å². The summed E-state index contributed by atoms with van der Waals surface area (Å²) in [4.78, 5) is 0. The van der Waals surface area contributed by atoms with Crippen LogP contribution in [0.25, 0.3) is 0 Å². The summed E-state index contributed by atoms with van der Waals surface area (Å²) in [6.45, 7) is 4.61. The van der Waals surface area contributed by atoms with E-state index in [1.54, 1.807) is 6.92 Å². The Bertz CT molecular complexity index is 270. The number of hydrogen-bond acceptors (Lipinski definition) is 3. The lowest BCUT2D eigenvalue weighted by Crippen LogP contribution is -2.34. The van der Waals surface area contributed by atoms with E-state index in [1.165, 1.54) is 25.7 Å². The van der Waals surface area contributed by atoms with Crippen molar-refractivity contribution >= 4 is 9.84 Å². The highest BCUT2D eigenvalue weighted by molar-refractivity contribution is 7.91. The maximum absolute atomic E-state index is 11.3. The Morgan fingerprint density at radius 3 is 2.60 bits per heavy atom. The summed E-state index contributed by atoms with van der Waals surface area (Å²) < 4.78 is 22.6. The Hall–Kier alpha value is -0.0900. The van der Waals surface area contributed by atoms with Crippen molar-refractivity contribution in [2.75, 3.05) is 18.1 Å². The maximum atomic E-state index is 11.3. The molecular formula is C11H23NO2S. The number of nitrogens with one attached hydrogen (secondary N) is 1. The Morgan fingerprint density at radius 2 is 2.07 bits per heavy atom. The molecule has 0 aliphatic heterocycles. The molecule has 4 heteroatoms. The van der Waals surface area contributed by atoms with E-state index in [0.717, 1.165) is 12.5 Å². The van der Waals surface area contributed by atoms with Gasteiger partial charge in [0, 0.05) is 11.8 Å². The van der Waals surface area contributed by atoms with Crippen LogP contribution in [-0.4, -0.2) is 32.5 Å². The fourth-order valence-electron chi connectivity index (χ4n) is 1.70. The van der Waals surface area contributed by atoms with E-state index in [-0.39, 0.29) is 17.5 Å². The van der Waals surface area contributed by atoms with E-state index in [9.17, 15) is 8.42 Å². The molecule has 0 aromatic rings. The van der Waals surface area contributed by atoms with E-state index >= 15 is 0 Å². The van der Waals surface area contributed by atoms with Gasteiger partial charge in [-0.1, -0.05) is 19.8 Å². The van der Waals surface area contributed by atoms with Crippen LogP contribution in [0.1, 0.15) is 39.5 Å². The normalized spacial score (nSPS) is 19.1. The quantitative estimate of drug-likeness (QED) is 0.648. The van der Waals surface area contributed by atoms with Crippen molar-refractivity contribution in [1.82, 2.24) is 5.32 Å². The van der Waals surface area contributed by atoms with Crippen LogP contribution in [0, 0.1) is 5.92 Å². The van der Waals surface area contributed by atoms with Gasteiger partial charge in [-0.3, -0.25) is 0 Å². The van der Waals surface area contributed by atoms with Crippen LogP contribution in [0.5, 0.6) is 0 Å². The van der Waals surface area contributed by atoms with Crippen molar-refractivity contribution in [1.29, 1.82) is 0 Å². The van der Waals surface area contributed by atoms with E-state index in [0.29, 0.717) is 0 Å². The summed E-state index contributed by atoms with van der Waals surface area (Å²) in [5, 5.41) is 3.28. The smallest absolute Gasteiger partial charge is 0.151 e. The minimum atomic E-state index is -2.82. The summed E-state index contributed by atoms with van der Waals surface area (Å²) in [5.41, 5.74) is 0. The summed E-state index contributed by atoms with van der Waals surface area (Å²) in [6.07, 6.45) is 5.29. The number of hydrogen-bond donors (Lipinski definition) is 1. The predicted molar refractivity (Wildman–Crippen MR) is 63.8 cm³/mol. The molecule has 1 aliphatic carbocycles. The fourth-order valence-corrected chi connectivity index (χ4v) is 2.82. The van der Waals surface area contributed by atoms with Gasteiger partial charge in [0.1, 0.15) is 0 Å². The summed E-state index contributed by atoms with van der Waals surface area (Å²) in [6, 6.07) is 0.0918. The van der Waals surface area contributed by atoms with Gasteiger partial charge in [-0.05, 0) is 32.2 Å². The van der Waals surface area contributed by atoms with Crippen molar-refractivity contribution in [2.45, 2.75) is 45.6 Å². The van der Waals surface area contributed by atoms with Gasteiger partial charge >= 0.3 is 0 Å².